The van der Waals surface area contributed by atoms with Crippen LogP contribution in [0, 0.1) is 0 Å². The molecule has 1 aliphatic carbocycles. The largest absolute Gasteiger partial charge is 0.453 e. The van der Waals surface area contributed by atoms with Crippen LogP contribution in [-0.4, -0.2) is 17.7 Å². The summed E-state index contributed by atoms with van der Waals surface area (Å²) in [5.74, 6) is -0.453. The van der Waals surface area contributed by atoms with Crippen molar-refractivity contribution in [1.29, 1.82) is 0 Å². The molecule has 1 fully saturated rings. The standard InChI is InChI=1S/C14H23FO2/c1-4-8-12(15)14(9-6-5-7-10-14)17-13(16)11(2)3/h12H,2,4-10H2,1,3H3. The first-order valence-electron chi connectivity index (χ1n) is 6.55. The van der Waals surface area contributed by atoms with Gasteiger partial charge in [0.15, 0.2) is 0 Å². The van der Waals surface area contributed by atoms with Gasteiger partial charge in [-0.1, -0.05) is 26.3 Å². The Balaban J connectivity index is 2.77. The van der Waals surface area contributed by atoms with Crippen molar-refractivity contribution in [2.24, 2.45) is 0 Å². The molecule has 2 nitrogen and oxygen atoms in total. The lowest BCUT2D eigenvalue weighted by Crippen LogP contribution is -2.46. The summed E-state index contributed by atoms with van der Waals surface area (Å²) in [5.41, 5.74) is -0.539. The molecule has 1 rings (SSSR count). The lowest BCUT2D eigenvalue weighted by atomic mass is 9.79. The van der Waals surface area contributed by atoms with Crippen LogP contribution in [0.4, 0.5) is 4.39 Å². The van der Waals surface area contributed by atoms with Crippen LogP contribution in [-0.2, 0) is 9.53 Å². The zero-order valence-electron chi connectivity index (χ0n) is 10.9. The molecular weight excluding hydrogens is 219 g/mol. The molecule has 0 aromatic heterocycles. The summed E-state index contributed by atoms with van der Waals surface area (Å²) in [7, 11) is 0. The van der Waals surface area contributed by atoms with Crippen molar-refractivity contribution in [3.05, 3.63) is 12.2 Å². The summed E-state index contributed by atoms with van der Waals surface area (Å²) < 4.78 is 19.7. The Morgan fingerprint density at radius 2 is 2.00 bits per heavy atom. The molecule has 0 aliphatic heterocycles. The monoisotopic (exact) mass is 242 g/mol. The maximum atomic E-state index is 14.3. The maximum absolute atomic E-state index is 14.3. The molecular formula is C14H23FO2. The SMILES string of the molecule is C=C(C)C(=O)OC1(C(F)CCC)CCCCC1. The third-order valence-corrected chi connectivity index (χ3v) is 3.46. The third-order valence-electron chi connectivity index (χ3n) is 3.46. The minimum atomic E-state index is -1.05. The van der Waals surface area contributed by atoms with Crippen molar-refractivity contribution in [3.63, 3.8) is 0 Å². The van der Waals surface area contributed by atoms with Crippen LogP contribution in [0.1, 0.15) is 58.8 Å². The Hall–Kier alpha value is -0.860. The number of hydrogen-bond acceptors (Lipinski definition) is 2. The number of halogens is 1. The van der Waals surface area contributed by atoms with Crippen LogP contribution in [0.5, 0.6) is 0 Å². The highest BCUT2D eigenvalue weighted by atomic mass is 19.1. The first kappa shape index (κ1) is 14.2. The van der Waals surface area contributed by atoms with Gasteiger partial charge in [-0.2, -0.15) is 0 Å². The Morgan fingerprint density at radius 3 is 2.47 bits per heavy atom. The van der Waals surface area contributed by atoms with Gasteiger partial charge >= 0.3 is 5.97 Å². The molecule has 98 valence electrons. The molecule has 17 heavy (non-hydrogen) atoms. The minimum absolute atomic E-state index is 0.346. The first-order chi connectivity index (χ1) is 8.02. The Kier molecular flexibility index (Phi) is 5.16. The first-order valence-corrected chi connectivity index (χ1v) is 6.55. The van der Waals surface area contributed by atoms with Gasteiger partial charge < -0.3 is 4.74 Å². The molecule has 0 amide bonds. The van der Waals surface area contributed by atoms with Gasteiger partial charge in [-0.15, -0.1) is 0 Å². The molecule has 0 spiro atoms. The van der Waals surface area contributed by atoms with E-state index in [9.17, 15) is 9.18 Å². The summed E-state index contributed by atoms with van der Waals surface area (Å²) in [6, 6.07) is 0. The molecule has 0 bridgehead atoms. The zero-order chi connectivity index (χ0) is 12.9. The van der Waals surface area contributed by atoms with Gasteiger partial charge in [-0.05, 0) is 39.0 Å². The zero-order valence-corrected chi connectivity index (χ0v) is 10.9. The molecule has 0 aromatic rings. The number of rotatable bonds is 5. The highest BCUT2D eigenvalue weighted by molar-refractivity contribution is 5.87. The molecule has 0 heterocycles. The van der Waals surface area contributed by atoms with Crippen LogP contribution in [0.25, 0.3) is 0 Å². The van der Waals surface area contributed by atoms with E-state index in [1.165, 1.54) is 0 Å². The van der Waals surface area contributed by atoms with E-state index in [2.05, 4.69) is 6.58 Å². The van der Waals surface area contributed by atoms with E-state index >= 15 is 0 Å². The van der Waals surface area contributed by atoms with Crippen molar-refractivity contribution >= 4 is 5.97 Å². The van der Waals surface area contributed by atoms with Crippen molar-refractivity contribution in [1.82, 2.24) is 0 Å². The molecule has 1 atom stereocenters. The second-order valence-electron chi connectivity index (χ2n) is 5.05. The van der Waals surface area contributed by atoms with E-state index in [1.54, 1.807) is 6.92 Å². The molecule has 3 heteroatoms. The van der Waals surface area contributed by atoms with E-state index in [4.69, 9.17) is 4.74 Å². The maximum Gasteiger partial charge on any atom is 0.333 e. The van der Waals surface area contributed by atoms with Crippen LogP contribution in [0.15, 0.2) is 12.2 Å². The van der Waals surface area contributed by atoms with Crippen LogP contribution in [0.2, 0.25) is 0 Å². The Labute approximate surface area is 103 Å². The minimum Gasteiger partial charge on any atom is -0.453 e. The predicted octanol–water partition coefficient (Wildman–Crippen LogP) is 3.95. The molecule has 0 aromatic carbocycles. The second-order valence-corrected chi connectivity index (χ2v) is 5.05. The Morgan fingerprint density at radius 1 is 1.41 bits per heavy atom. The summed E-state index contributed by atoms with van der Waals surface area (Å²) in [6.07, 6.45) is 4.46. The fourth-order valence-corrected chi connectivity index (χ4v) is 2.42. The average Bonchev–Trinajstić information content (AvgIpc) is 2.30. The highest BCUT2D eigenvalue weighted by Gasteiger charge is 2.43. The number of hydrogen-bond donors (Lipinski definition) is 0. The van der Waals surface area contributed by atoms with Crippen LogP contribution in [0.3, 0.4) is 0 Å². The fraction of sp³-hybridized carbons (Fsp3) is 0.786. The smallest absolute Gasteiger partial charge is 0.333 e. The number of carbonyl (C=O) groups excluding carboxylic acids is 1. The van der Waals surface area contributed by atoms with Crippen molar-refractivity contribution in [3.8, 4) is 0 Å². The highest BCUT2D eigenvalue weighted by Crippen LogP contribution is 2.38. The van der Waals surface area contributed by atoms with E-state index in [0.717, 1.165) is 25.7 Å². The van der Waals surface area contributed by atoms with Crippen molar-refractivity contribution in [2.45, 2.75) is 70.6 Å². The van der Waals surface area contributed by atoms with E-state index in [-0.39, 0.29) is 0 Å². The lowest BCUT2D eigenvalue weighted by molar-refractivity contribution is -0.168. The van der Waals surface area contributed by atoms with Gasteiger partial charge in [0.05, 0.1) is 0 Å². The van der Waals surface area contributed by atoms with Crippen LogP contribution >= 0.6 is 0 Å². The quantitative estimate of drug-likeness (QED) is 0.539. The van der Waals surface area contributed by atoms with Gasteiger partial charge in [0.25, 0.3) is 0 Å². The molecule has 1 unspecified atom stereocenters. The second kappa shape index (κ2) is 6.18. The van der Waals surface area contributed by atoms with Gasteiger partial charge in [0, 0.05) is 5.57 Å². The van der Waals surface area contributed by atoms with Gasteiger partial charge in [0.1, 0.15) is 11.8 Å². The molecule has 0 N–H and O–H groups in total. The summed E-state index contributed by atoms with van der Waals surface area (Å²) in [6.45, 7) is 7.11. The van der Waals surface area contributed by atoms with Crippen LogP contribution < -0.4 is 0 Å². The summed E-state index contributed by atoms with van der Waals surface area (Å²) in [5, 5.41) is 0. The fourth-order valence-electron chi connectivity index (χ4n) is 2.42. The Bertz CT molecular complexity index is 280. The van der Waals surface area contributed by atoms with Gasteiger partial charge in [-0.25, -0.2) is 9.18 Å². The summed E-state index contributed by atoms with van der Waals surface area (Å²) in [4.78, 5) is 11.6. The third kappa shape index (κ3) is 3.55. The van der Waals surface area contributed by atoms with Gasteiger partial charge in [-0.3, -0.25) is 0 Å². The van der Waals surface area contributed by atoms with E-state index in [0.29, 0.717) is 24.8 Å². The van der Waals surface area contributed by atoms with Crippen molar-refractivity contribution in [2.75, 3.05) is 0 Å². The number of esters is 1. The number of carbonyl (C=O) groups is 1. The van der Waals surface area contributed by atoms with Gasteiger partial charge in [0.2, 0.25) is 0 Å². The molecule has 1 aliphatic rings. The predicted molar refractivity (Wildman–Crippen MR) is 66.5 cm³/mol. The topological polar surface area (TPSA) is 26.3 Å². The molecule has 1 saturated carbocycles. The molecule has 0 saturated heterocycles. The number of alkyl halides is 1. The lowest BCUT2D eigenvalue weighted by Gasteiger charge is -2.39. The normalized spacial score (nSPS) is 20.6. The average molecular weight is 242 g/mol. The summed E-state index contributed by atoms with van der Waals surface area (Å²) >= 11 is 0. The van der Waals surface area contributed by atoms with E-state index < -0.39 is 17.7 Å². The number of ether oxygens (including phenoxy) is 1. The van der Waals surface area contributed by atoms with E-state index in [1.807, 2.05) is 6.92 Å². The molecule has 0 radical (unpaired) electrons. The van der Waals surface area contributed by atoms with Crippen molar-refractivity contribution < 1.29 is 13.9 Å².